The van der Waals surface area contributed by atoms with E-state index in [-0.39, 0.29) is 5.75 Å². The van der Waals surface area contributed by atoms with Gasteiger partial charge in [-0.1, -0.05) is 18.2 Å². The van der Waals surface area contributed by atoms with Gasteiger partial charge in [-0.05, 0) is 48.7 Å². The van der Waals surface area contributed by atoms with E-state index < -0.39 is 9.84 Å². The molecule has 2 rings (SSSR count). The van der Waals surface area contributed by atoms with Crippen molar-refractivity contribution in [3.05, 3.63) is 53.6 Å². The Morgan fingerprint density at radius 3 is 2.38 bits per heavy atom. The molecule has 2 aromatic carbocycles. The van der Waals surface area contributed by atoms with Crippen LogP contribution in [0.5, 0.6) is 5.75 Å². The molecule has 2 N–H and O–H groups in total. The number of nitrogen functional groups attached to an aromatic ring is 1. The van der Waals surface area contributed by atoms with E-state index >= 15 is 0 Å². The van der Waals surface area contributed by atoms with Crippen molar-refractivity contribution >= 4 is 15.5 Å². The maximum absolute atomic E-state index is 12.4. The van der Waals surface area contributed by atoms with Crippen molar-refractivity contribution < 1.29 is 13.2 Å². The van der Waals surface area contributed by atoms with Crippen LogP contribution in [0, 0.1) is 6.92 Å². The molecule has 21 heavy (non-hydrogen) atoms. The second-order valence-corrected chi connectivity index (χ2v) is 7.02. The molecule has 0 aliphatic heterocycles. The lowest BCUT2D eigenvalue weighted by Gasteiger charge is -2.09. The second-order valence-electron chi connectivity index (χ2n) is 4.94. The summed E-state index contributed by atoms with van der Waals surface area (Å²) in [6.07, 6.45) is 0.459. The highest BCUT2D eigenvalue weighted by Gasteiger charge is 2.17. The number of rotatable bonds is 5. The zero-order chi connectivity index (χ0) is 15.5. The molecule has 2 aromatic rings. The molecule has 0 radical (unpaired) electrons. The van der Waals surface area contributed by atoms with Gasteiger partial charge < -0.3 is 10.5 Å². The van der Waals surface area contributed by atoms with Gasteiger partial charge in [0.1, 0.15) is 5.75 Å². The Hall–Kier alpha value is -2.01. The average Bonchev–Trinajstić information content (AvgIpc) is 2.48. The molecular weight excluding hydrogens is 286 g/mol. The van der Waals surface area contributed by atoms with E-state index in [1.54, 1.807) is 26.2 Å². The number of anilines is 1. The Morgan fingerprint density at radius 2 is 1.76 bits per heavy atom. The number of ether oxygens (including phenoxy) is 1. The number of aryl methyl sites for hydroxylation is 2. The summed E-state index contributed by atoms with van der Waals surface area (Å²) in [5, 5.41) is 0. The number of nitrogens with two attached hydrogens (primary N) is 1. The maximum atomic E-state index is 12.4. The van der Waals surface area contributed by atoms with Crippen molar-refractivity contribution in [1.29, 1.82) is 0 Å². The van der Waals surface area contributed by atoms with Crippen LogP contribution in [0.2, 0.25) is 0 Å². The van der Waals surface area contributed by atoms with Gasteiger partial charge in [0.2, 0.25) is 0 Å². The van der Waals surface area contributed by atoms with E-state index in [2.05, 4.69) is 0 Å². The van der Waals surface area contributed by atoms with Crippen LogP contribution >= 0.6 is 0 Å². The van der Waals surface area contributed by atoms with E-state index in [0.29, 0.717) is 17.0 Å². The molecule has 0 aliphatic carbocycles. The molecule has 0 bridgehead atoms. The van der Waals surface area contributed by atoms with Gasteiger partial charge in [0.05, 0.1) is 17.8 Å². The summed E-state index contributed by atoms with van der Waals surface area (Å²) in [5.41, 5.74) is 7.83. The van der Waals surface area contributed by atoms with Gasteiger partial charge in [0.15, 0.2) is 9.84 Å². The standard InChI is InChI=1S/C16H19NO3S/c1-12-3-6-14(17)11-16(12)21(18,19)10-9-13-4-7-15(20-2)8-5-13/h3-8,11H,9-10,17H2,1-2H3. The fourth-order valence-electron chi connectivity index (χ4n) is 2.11. The fraction of sp³-hybridized carbons (Fsp3) is 0.250. The zero-order valence-corrected chi connectivity index (χ0v) is 13.0. The molecule has 0 saturated heterocycles. The quantitative estimate of drug-likeness (QED) is 0.862. The Kier molecular flexibility index (Phi) is 4.53. The predicted octanol–water partition coefficient (Wildman–Crippen LogP) is 2.60. The molecule has 0 atom stereocenters. The summed E-state index contributed by atoms with van der Waals surface area (Å²) in [6, 6.07) is 12.4. The Bertz CT molecular complexity index is 722. The predicted molar refractivity (Wildman–Crippen MR) is 84.3 cm³/mol. The topological polar surface area (TPSA) is 69.4 Å². The summed E-state index contributed by atoms with van der Waals surface area (Å²) in [6.45, 7) is 1.78. The first-order valence-corrected chi connectivity index (χ1v) is 8.29. The molecule has 4 nitrogen and oxygen atoms in total. The molecule has 0 unspecified atom stereocenters. The number of hydrogen-bond donors (Lipinski definition) is 1. The van der Waals surface area contributed by atoms with Gasteiger partial charge in [0.25, 0.3) is 0 Å². The Morgan fingerprint density at radius 1 is 1.10 bits per heavy atom. The summed E-state index contributed by atoms with van der Waals surface area (Å²) in [4.78, 5) is 0.316. The Balaban J connectivity index is 2.15. The van der Waals surface area contributed by atoms with Gasteiger partial charge in [-0.3, -0.25) is 0 Å². The molecule has 0 aromatic heterocycles. The number of benzene rings is 2. The largest absolute Gasteiger partial charge is 0.497 e. The summed E-state index contributed by atoms with van der Waals surface area (Å²) in [7, 11) is -1.74. The second kappa shape index (κ2) is 6.18. The van der Waals surface area contributed by atoms with Crippen LogP contribution in [0.15, 0.2) is 47.4 Å². The summed E-state index contributed by atoms with van der Waals surface area (Å²) < 4.78 is 29.9. The minimum absolute atomic E-state index is 0.0591. The minimum Gasteiger partial charge on any atom is -0.497 e. The third-order valence-electron chi connectivity index (χ3n) is 3.37. The first-order valence-electron chi connectivity index (χ1n) is 6.64. The van der Waals surface area contributed by atoms with E-state index in [0.717, 1.165) is 16.9 Å². The van der Waals surface area contributed by atoms with Gasteiger partial charge in [-0.15, -0.1) is 0 Å². The molecule has 5 heteroatoms. The highest BCUT2D eigenvalue weighted by Crippen LogP contribution is 2.21. The van der Waals surface area contributed by atoms with Crippen LogP contribution in [0.1, 0.15) is 11.1 Å². The average molecular weight is 305 g/mol. The molecule has 0 fully saturated rings. The lowest BCUT2D eigenvalue weighted by molar-refractivity contribution is 0.414. The van der Waals surface area contributed by atoms with Gasteiger partial charge in [-0.2, -0.15) is 0 Å². The van der Waals surface area contributed by atoms with Gasteiger partial charge >= 0.3 is 0 Å². The normalized spacial score (nSPS) is 11.3. The van der Waals surface area contributed by atoms with Crippen molar-refractivity contribution in [3.63, 3.8) is 0 Å². The van der Waals surface area contributed by atoms with E-state index in [4.69, 9.17) is 10.5 Å². The van der Waals surface area contributed by atoms with Crippen molar-refractivity contribution in [2.24, 2.45) is 0 Å². The van der Waals surface area contributed by atoms with Crippen molar-refractivity contribution in [2.45, 2.75) is 18.2 Å². The molecule has 0 aliphatic rings. The number of sulfone groups is 1. The zero-order valence-electron chi connectivity index (χ0n) is 12.2. The molecule has 0 saturated carbocycles. The van der Waals surface area contributed by atoms with Crippen LogP contribution < -0.4 is 10.5 Å². The third-order valence-corrected chi connectivity index (χ3v) is 5.22. The molecule has 112 valence electrons. The lowest BCUT2D eigenvalue weighted by Crippen LogP contribution is -2.11. The third kappa shape index (κ3) is 3.76. The Labute approximate surface area is 125 Å². The lowest BCUT2D eigenvalue weighted by atomic mass is 10.2. The summed E-state index contributed by atoms with van der Waals surface area (Å²) in [5.74, 6) is 0.817. The highest BCUT2D eigenvalue weighted by atomic mass is 32.2. The van der Waals surface area contributed by atoms with Crippen molar-refractivity contribution in [1.82, 2.24) is 0 Å². The monoisotopic (exact) mass is 305 g/mol. The molecule has 0 amide bonds. The molecule has 0 spiro atoms. The van der Waals surface area contributed by atoms with Crippen LogP contribution in [0.3, 0.4) is 0 Å². The minimum atomic E-state index is -3.34. The van der Waals surface area contributed by atoms with E-state index in [9.17, 15) is 8.42 Å². The van der Waals surface area contributed by atoms with Crippen molar-refractivity contribution in [3.8, 4) is 5.75 Å². The van der Waals surface area contributed by atoms with Crippen LogP contribution in [0.25, 0.3) is 0 Å². The SMILES string of the molecule is COc1ccc(CCS(=O)(=O)c2cc(N)ccc2C)cc1. The first-order chi connectivity index (χ1) is 9.92. The number of methoxy groups -OCH3 is 1. The van der Waals surface area contributed by atoms with Gasteiger partial charge in [0, 0.05) is 5.69 Å². The highest BCUT2D eigenvalue weighted by molar-refractivity contribution is 7.91. The number of hydrogen-bond acceptors (Lipinski definition) is 4. The van der Waals surface area contributed by atoms with Crippen LogP contribution in [-0.4, -0.2) is 21.3 Å². The van der Waals surface area contributed by atoms with Crippen LogP contribution in [0.4, 0.5) is 5.69 Å². The fourth-order valence-corrected chi connectivity index (χ4v) is 3.70. The van der Waals surface area contributed by atoms with E-state index in [1.807, 2.05) is 24.3 Å². The molecule has 0 heterocycles. The first kappa shape index (κ1) is 15.4. The van der Waals surface area contributed by atoms with Crippen LogP contribution in [-0.2, 0) is 16.3 Å². The summed E-state index contributed by atoms with van der Waals surface area (Å²) >= 11 is 0. The molecular formula is C16H19NO3S. The van der Waals surface area contributed by atoms with Crippen molar-refractivity contribution in [2.75, 3.05) is 18.6 Å². The van der Waals surface area contributed by atoms with Gasteiger partial charge in [-0.25, -0.2) is 8.42 Å². The maximum Gasteiger partial charge on any atom is 0.179 e. The van der Waals surface area contributed by atoms with E-state index in [1.165, 1.54) is 6.07 Å². The smallest absolute Gasteiger partial charge is 0.179 e.